The molecule has 0 radical (unpaired) electrons. The van der Waals surface area contributed by atoms with Gasteiger partial charge in [-0.15, -0.1) is 10.2 Å². The maximum atomic E-state index is 12.1. The lowest BCUT2D eigenvalue weighted by molar-refractivity contribution is 0.101. The lowest BCUT2D eigenvalue weighted by Gasteiger charge is -2.00. The van der Waals surface area contributed by atoms with Gasteiger partial charge in [-0.3, -0.25) is 10.1 Å². The van der Waals surface area contributed by atoms with Crippen molar-refractivity contribution in [2.75, 3.05) is 11.1 Å². The molecule has 0 spiro atoms. The third-order valence-corrected chi connectivity index (χ3v) is 5.29. The molecule has 0 aliphatic heterocycles. The zero-order valence-electron chi connectivity index (χ0n) is 12.5. The van der Waals surface area contributed by atoms with Crippen LogP contribution in [0.4, 0.5) is 5.13 Å². The first kappa shape index (κ1) is 15.5. The van der Waals surface area contributed by atoms with E-state index in [-0.39, 0.29) is 5.91 Å². The largest absolute Gasteiger partial charge is 0.360 e. The second kappa shape index (κ2) is 6.78. The first-order valence-corrected chi connectivity index (χ1v) is 9.16. The van der Waals surface area contributed by atoms with Gasteiger partial charge in [0, 0.05) is 17.7 Å². The first-order chi connectivity index (χ1) is 10.6. The van der Waals surface area contributed by atoms with Crippen molar-refractivity contribution in [3.05, 3.63) is 17.5 Å². The van der Waals surface area contributed by atoms with Crippen LogP contribution in [0.5, 0.6) is 0 Å². The fourth-order valence-corrected chi connectivity index (χ4v) is 3.88. The van der Waals surface area contributed by atoms with Gasteiger partial charge >= 0.3 is 0 Å². The SMILES string of the molecule is CC(C)CCSc1nnc(NC(=O)c2cc(C3CC3)on2)s1. The topological polar surface area (TPSA) is 80.9 Å². The number of carbonyl (C=O) groups is 1. The van der Waals surface area contributed by atoms with Gasteiger partial charge < -0.3 is 4.52 Å². The predicted molar refractivity (Wildman–Crippen MR) is 86.5 cm³/mol. The normalized spacial score (nSPS) is 14.5. The van der Waals surface area contributed by atoms with Gasteiger partial charge in [0.2, 0.25) is 5.13 Å². The number of rotatable bonds is 7. The molecule has 2 aromatic rings. The Bertz CT molecular complexity index is 649. The van der Waals surface area contributed by atoms with E-state index in [0.717, 1.165) is 35.1 Å². The molecule has 0 bridgehead atoms. The Morgan fingerprint density at radius 3 is 3.05 bits per heavy atom. The molecule has 1 aliphatic carbocycles. The Kier molecular flexibility index (Phi) is 4.77. The summed E-state index contributed by atoms with van der Waals surface area (Å²) in [4.78, 5) is 12.1. The molecular weight excluding hydrogens is 320 g/mol. The monoisotopic (exact) mass is 338 g/mol. The number of amides is 1. The highest BCUT2D eigenvalue weighted by atomic mass is 32.2. The predicted octanol–water partition coefficient (Wildman–Crippen LogP) is 3.79. The van der Waals surface area contributed by atoms with E-state index in [2.05, 4.69) is 34.5 Å². The number of thioether (sulfide) groups is 1. The molecule has 22 heavy (non-hydrogen) atoms. The van der Waals surface area contributed by atoms with Crippen LogP contribution in [0.1, 0.15) is 55.3 Å². The molecule has 118 valence electrons. The molecule has 8 heteroatoms. The third-order valence-electron chi connectivity index (χ3n) is 3.29. The van der Waals surface area contributed by atoms with Gasteiger partial charge in [-0.25, -0.2) is 0 Å². The fourth-order valence-electron chi connectivity index (χ4n) is 1.82. The summed E-state index contributed by atoms with van der Waals surface area (Å²) in [5.41, 5.74) is 0.297. The van der Waals surface area contributed by atoms with Crippen LogP contribution in [0.25, 0.3) is 0 Å². The summed E-state index contributed by atoms with van der Waals surface area (Å²) >= 11 is 3.05. The van der Waals surface area contributed by atoms with Crippen molar-refractivity contribution in [3.8, 4) is 0 Å². The van der Waals surface area contributed by atoms with Crippen molar-refractivity contribution >= 4 is 34.1 Å². The van der Waals surface area contributed by atoms with E-state index >= 15 is 0 Å². The molecule has 1 N–H and O–H groups in total. The Labute approximate surface area is 137 Å². The molecule has 3 rings (SSSR count). The van der Waals surface area contributed by atoms with Gasteiger partial charge in [0.05, 0.1) is 0 Å². The maximum absolute atomic E-state index is 12.1. The minimum absolute atomic E-state index is 0.297. The fraction of sp³-hybridized carbons (Fsp3) is 0.571. The van der Waals surface area contributed by atoms with Crippen molar-refractivity contribution in [2.24, 2.45) is 5.92 Å². The average molecular weight is 338 g/mol. The average Bonchev–Trinajstić information content (AvgIpc) is 3.03. The molecule has 1 amide bonds. The van der Waals surface area contributed by atoms with Gasteiger partial charge in [-0.1, -0.05) is 42.1 Å². The van der Waals surface area contributed by atoms with E-state index in [1.807, 2.05) is 0 Å². The number of anilines is 1. The van der Waals surface area contributed by atoms with Crippen LogP contribution < -0.4 is 5.32 Å². The van der Waals surface area contributed by atoms with Crippen molar-refractivity contribution in [3.63, 3.8) is 0 Å². The number of aromatic nitrogens is 3. The standard InChI is InChI=1S/C14H18N4O2S2/c1-8(2)5-6-21-14-17-16-13(22-14)15-12(19)10-7-11(20-18-10)9-3-4-9/h7-9H,3-6H2,1-2H3,(H,15,16,19). The Morgan fingerprint density at radius 1 is 1.50 bits per heavy atom. The number of carbonyl (C=O) groups excluding carboxylic acids is 1. The molecule has 0 aromatic carbocycles. The molecule has 0 unspecified atom stereocenters. The third kappa shape index (κ3) is 4.07. The maximum Gasteiger partial charge on any atom is 0.279 e. The quantitative estimate of drug-likeness (QED) is 0.611. The van der Waals surface area contributed by atoms with Gasteiger partial charge in [-0.05, 0) is 25.2 Å². The summed E-state index contributed by atoms with van der Waals surface area (Å²) < 4.78 is 6.05. The van der Waals surface area contributed by atoms with Crippen molar-refractivity contribution in [2.45, 2.75) is 43.4 Å². The number of nitrogens with zero attached hydrogens (tertiary/aromatic N) is 3. The number of hydrogen-bond donors (Lipinski definition) is 1. The van der Waals surface area contributed by atoms with Crippen LogP contribution in [-0.4, -0.2) is 27.0 Å². The van der Waals surface area contributed by atoms with Crippen LogP contribution in [0.15, 0.2) is 14.9 Å². The van der Waals surface area contributed by atoms with E-state index in [1.54, 1.807) is 17.8 Å². The van der Waals surface area contributed by atoms with Crippen molar-refractivity contribution < 1.29 is 9.32 Å². The van der Waals surface area contributed by atoms with Crippen LogP contribution in [0.2, 0.25) is 0 Å². The van der Waals surface area contributed by atoms with Crippen molar-refractivity contribution in [1.29, 1.82) is 0 Å². The molecule has 6 nitrogen and oxygen atoms in total. The first-order valence-electron chi connectivity index (χ1n) is 7.36. The van der Waals surface area contributed by atoms with Gasteiger partial charge in [0.15, 0.2) is 10.0 Å². The highest BCUT2D eigenvalue weighted by Crippen LogP contribution is 2.40. The van der Waals surface area contributed by atoms with Crippen molar-refractivity contribution in [1.82, 2.24) is 15.4 Å². The summed E-state index contributed by atoms with van der Waals surface area (Å²) in [6.07, 6.45) is 3.36. The lowest BCUT2D eigenvalue weighted by atomic mass is 10.2. The Balaban J connectivity index is 1.53. The molecular formula is C14H18N4O2S2. The molecule has 0 atom stereocenters. The molecule has 0 saturated heterocycles. The zero-order chi connectivity index (χ0) is 15.5. The lowest BCUT2D eigenvalue weighted by Crippen LogP contribution is -2.11. The Hall–Kier alpha value is -1.41. The highest BCUT2D eigenvalue weighted by Gasteiger charge is 2.29. The molecule has 1 saturated carbocycles. The highest BCUT2D eigenvalue weighted by molar-refractivity contribution is 8.01. The van der Waals surface area contributed by atoms with E-state index in [9.17, 15) is 4.79 Å². The van der Waals surface area contributed by atoms with Crippen LogP contribution in [-0.2, 0) is 0 Å². The van der Waals surface area contributed by atoms with E-state index in [4.69, 9.17) is 4.52 Å². The van der Waals surface area contributed by atoms with Gasteiger partial charge in [0.1, 0.15) is 5.76 Å². The Morgan fingerprint density at radius 2 is 2.32 bits per heavy atom. The van der Waals surface area contributed by atoms with Crippen LogP contribution in [0, 0.1) is 5.92 Å². The summed E-state index contributed by atoms with van der Waals surface area (Å²) in [6, 6.07) is 1.71. The molecule has 1 aliphatic rings. The molecule has 2 heterocycles. The summed E-state index contributed by atoms with van der Waals surface area (Å²) in [5, 5.41) is 15.1. The van der Waals surface area contributed by atoms with E-state index in [1.165, 1.54) is 11.3 Å². The number of hydrogen-bond acceptors (Lipinski definition) is 7. The van der Waals surface area contributed by atoms with Gasteiger partial charge in [0.25, 0.3) is 5.91 Å². The second-order valence-corrected chi connectivity index (χ2v) is 8.07. The second-order valence-electron chi connectivity index (χ2n) is 5.75. The summed E-state index contributed by atoms with van der Waals surface area (Å²) in [5.74, 6) is 2.62. The smallest absolute Gasteiger partial charge is 0.279 e. The number of nitrogens with one attached hydrogen (secondary N) is 1. The molecule has 1 fully saturated rings. The van der Waals surface area contributed by atoms with E-state index in [0.29, 0.717) is 22.7 Å². The van der Waals surface area contributed by atoms with Gasteiger partial charge in [-0.2, -0.15) is 0 Å². The molecule has 2 aromatic heterocycles. The summed E-state index contributed by atoms with van der Waals surface area (Å²) in [6.45, 7) is 4.39. The minimum atomic E-state index is -0.300. The zero-order valence-corrected chi connectivity index (χ0v) is 14.2. The van der Waals surface area contributed by atoms with E-state index < -0.39 is 0 Å². The minimum Gasteiger partial charge on any atom is -0.360 e. The van der Waals surface area contributed by atoms with Crippen LogP contribution >= 0.6 is 23.1 Å². The van der Waals surface area contributed by atoms with Crippen LogP contribution in [0.3, 0.4) is 0 Å². The summed E-state index contributed by atoms with van der Waals surface area (Å²) in [7, 11) is 0.